The molecule has 3 rings (SSSR count). The molecule has 7 heteroatoms. The number of hydrogen-bond acceptors (Lipinski definition) is 5. The van der Waals surface area contributed by atoms with Crippen LogP contribution in [0.5, 0.6) is 5.75 Å². The van der Waals surface area contributed by atoms with Crippen molar-refractivity contribution in [2.45, 2.75) is 6.92 Å². The van der Waals surface area contributed by atoms with Gasteiger partial charge in [-0.2, -0.15) is 0 Å². The van der Waals surface area contributed by atoms with Gasteiger partial charge >= 0.3 is 0 Å². The van der Waals surface area contributed by atoms with Crippen molar-refractivity contribution < 1.29 is 14.3 Å². The van der Waals surface area contributed by atoms with Crippen LogP contribution in [0.4, 0.5) is 17.1 Å². The number of anilines is 3. The Balaban J connectivity index is 1.62. The number of rotatable bonds is 6. The summed E-state index contributed by atoms with van der Waals surface area (Å²) in [6.45, 7) is 5.46. The van der Waals surface area contributed by atoms with Crippen molar-refractivity contribution in [2.24, 2.45) is 0 Å². The van der Waals surface area contributed by atoms with Crippen LogP contribution in [-0.2, 0) is 9.59 Å². The van der Waals surface area contributed by atoms with Crippen molar-refractivity contribution in [2.75, 3.05) is 62.0 Å². The van der Waals surface area contributed by atoms with E-state index in [1.165, 1.54) is 11.8 Å². The number of ether oxygens (including phenoxy) is 1. The van der Waals surface area contributed by atoms with Gasteiger partial charge in [0.15, 0.2) is 0 Å². The molecule has 0 atom stereocenters. The van der Waals surface area contributed by atoms with E-state index in [1.807, 2.05) is 24.3 Å². The Labute approximate surface area is 171 Å². The van der Waals surface area contributed by atoms with E-state index < -0.39 is 0 Å². The number of nitrogens with zero attached hydrogens (tertiary/aromatic N) is 3. The second-order valence-corrected chi connectivity index (χ2v) is 7.19. The van der Waals surface area contributed by atoms with Crippen molar-refractivity contribution in [1.29, 1.82) is 0 Å². The third kappa shape index (κ3) is 5.48. The van der Waals surface area contributed by atoms with Gasteiger partial charge in [0.2, 0.25) is 11.8 Å². The lowest BCUT2D eigenvalue weighted by Crippen LogP contribution is -2.44. The molecule has 0 aliphatic carbocycles. The van der Waals surface area contributed by atoms with Gasteiger partial charge in [0, 0.05) is 56.2 Å². The van der Waals surface area contributed by atoms with Crippen LogP contribution >= 0.6 is 0 Å². The van der Waals surface area contributed by atoms with Crippen molar-refractivity contribution in [3.8, 4) is 5.75 Å². The van der Waals surface area contributed by atoms with Crippen LogP contribution in [0, 0.1) is 0 Å². The van der Waals surface area contributed by atoms with Crippen LogP contribution in [0.2, 0.25) is 0 Å². The maximum atomic E-state index is 12.5. The summed E-state index contributed by atoms with van der Waals surface area (Å²) < 4.78 is 5.21. The molecule has 1 N–H and O–H groups in total. The highest BCUT2D eigenvalue weighted by Gasteiger charge is 2.17. The molecule has 2 aromatic rings. The zero-order valence-corrected chi connectivity index (χ0v) is 17.2. The van der Waals surface area contributed by atoms with E-state index >= 15 is 0 Å². The minimum Gasteiger partial charge on any atom is -0.497 e. The third-order valence-corrected chi connectivity index (χ3v) is 5.07. The Morgan fingerprint density at radius 3 is 2.38 bits per heavy atom. The molecular formula is C22H28N4O3. The fraction of sp³-hybridized carbons (Fsp3) is 0.364. The van der Waals surface area contributed by atoms with Gasteiger partial charge in [0.05, 0.1) is 7.11 Å². The number of carbonyl (C=O) groups is 2. The molecule has 0 spiro atoms. The SMILES string of the molecule is COc1cccc(N(CC(=O)Nc2ccc(N3CCN(C)CC3)cc2)C(C)=O)c1. The van der Waals surface area contributed by atoms with Gasteiger partial charge in [-0.1, -0.05) is 6.07 Å². The summed E-state index contributed by atoms with van der Waals surface area (Å²) in [6, 6.07) is 14.9. The topological polar surface area (TPSA) is 65.1 Å². The van der Waals surface area contributed by atoms with Crippen LogP contribution in [0.3, 0.4) is 0 Å². The average Bonchev–Trinajstić information content (AvgIpc) is 2.73. The minimum atomic E-state index is -0.254. The molecule has 0 unspecified atom stereocenters. The summed E-state index contributed by atoms with van der Waals surface area (Å²) in [7, 11) is 3.70. The normalized spacial score (nSPS) is 14.4. The molecule has 0 bridgehead atoms. The summed E-state index contributed by atoms with van der Waals surface area (Å²) in [4.78, 5) is 30.7. The van der Waals surface area contributed by atoms with Crippen molar-refractivity contribution in [3.63, 3.8) is 0 Å². The first-order valence-electron chi connectivity index (χ1n) is 9.72. The highest BCUT2D eigenvalue weighted by molar-refractivity contribution is 6.01. The Kier molecular flexibility index (Phi) is 6.72. The Morgan fingerprint density at radius 1 is 1.07 bits per heavy atom. The Bertz CT molecular complexity index is 845. The van der Waals surface area contributed by atoms with Crippen LogP contribution in [0.15, 0.2) is 48.5 Å². The molecule has 1 fully saturated rings. The van der Waals surface area contributed by atoms with Crippen molar-refractivity contribution >= 4 is 28.9 Å². The molecule has 7 nitrogen and oxygen atoms in total. The molecule has 1 aliphatic heterocycles. The van der Waals surface area contributed by atoms with E-state index in [0.717, 1.165) is 31.9 Å². The predicted molar refractivity (Wildman–Crippen MR) is 116 cm³/mol. The molecule has 29 heavy (non-hydrogen) atoms. The smallest absolute Gasteiger partial charge is 0.244 e. The quantitative estimate of drug-likeness (QED) is 0.813. The standard InChI is InChI=1S/C22H28N4O3/c1-17(27)26(20-5-4-6-21(15-20)29-3)16-22(28)23-18-7-9-19(10-8-18)25-13-11-24(2)12-14-25/h4-10,15H,11-14,16H2,1-3H3,(H,23,28). The van der Waals surface area contributed by atoms with Gasteiger partial charge in [-0.15, -0.1) is 0 Å². The largest absolute Gasteiger partial charge is 0.497 e. The predicted octanol–water partition coefficient (Wildman–Crippen LogP) is 2.44. The summed E-state index contributed by atoms with van der Waals surface area (Å²) in [5.41, 5.74) is 2.48. The molecule has 154 valence electrons. The minimum absolute atomic E-state index is 0.0668. The molecule has 2 amide bonds. The number of nitrogens with one attached hydrogen (secondary N) is 1. The summed E-state index contributed by atoms with van der Waals surface area (Å²) in [5, 5.41) is 2.87. The summed E-state index contributed by atoms with van der Waals surface area (Å²) in [6.07, 6.45) is 0. The lowest BCUT2D eigenvalue weighted by Gasteiger charge is -2.34. The third-order valence-electron chi connectivity index (χ3n) is 5.07. The number of benzene rings is 2. The van der Waals surface area contributed by atoms with Crippen LogP contribution in [-0.4, -0.2) is 63.6 Å². The number of carbonyl (C=O) groups excluding carboxylic acids is 2. The van der Waals surface area contributed by atoms with Gasteiger partial charge in [-0.25, -0.2) is 0 Å². The molecule has 0 saturated carbocycles. The van der Waals surface area contributed by atoms with Gasteiger partial charge in [-0.3, -0.25) is 9.59 Å². The average molecular weight is 396 g/mol. The molecule has 0 aromatic heterocycles. The molecule has 1 aliphatic rings. The van der Waals surface area contributed by atoms with Gasteiger partial charge in [-0.05, 0) is 43.4 Å². The Hall–Kier alpha value is -3.06. The highest BCUT2D eigenvalue weighted by Crippen LogP contribution is 2.22. The molecule has 2 aromatic carbocycles. The maximum absolute atomic E-state index is 12.5. The second kappa shape index (κ2) is 9.43. The first kappa shape index (κ1) is 20.7. The maximum Gasteiger partial charge on any atom is 0.244 e. The van der Waals surface area contributed by atoms with E-state index in [0.29, 0.717) is 17.1 Å². The van der Waals surface area contributed by atoms with Crippen molar-refractivity contribution in [1.82, 2.24) is 4.90 Å². The number of piperazine rings is 1. The zero-order valence-electron chi connectivity index (χ0n) is 17.2. The first-order valence-corrected chi connectivity index (χ1v) is 9.72. The molecule has 0 radical (unpaired) electrons. The lowest BCUT2D eigenvalue weighted by atomic mass is 10.2. The molecule has 1 saturated heterocycles. The van der Waals surface area contributed by atoms with Crippen molar-refractivity contribution in [3.05, 3.63) is 48.5 Å². The Morgan fingerprint density at radius 2 is 1.76 bits per heavy atom. The number of amides is 2. The van der Waals surface area contributed by atoms with Gasteiger partial charge in [0.1, 0.15) is 12.3 Å². The van der Waals surface area contributed by atoms with Crippen LogP contribution in [0.25, 0.3) is 0 Å². The zero-order chi connectivity index (χ0) is 20.8. The monoisotopic (exact) mass is 396 g/mol. The summed E-state index contributed by atoms with van der Waals surface area (Å²) in [5.74, 6) is 0.169. The second-order valence-electron chi connectivity index (χ2n) is 7.19. The number of hydrogen-bond donors (Lipinski definition) is 1. The lowest BCUT2D eigenvalue weighted by molar-refractivity contribution is -0.120. The fourth-order valence-corrected chi connectivity index (χ4v) is 3.33. The van der Waals surface area contributed by atoms with E-state index in [2.05, 4.69) is 22.2 Å². The van der Waals surface area contributed by atoms with Gasteiger partial charge < -0.3 is 24.8 Å². The summed E-state index contributed by atoms with van der Waals surface area (Å²) >= 11 is 0. The fourth-order valence-electron chi connectivity index (χ4n) is 3.33. The van der Waals surface area contributed by atoms with E-state index in [-0.39, 0.29) is 18.4 Å². The number of methoxy groups -OCH3 is 1. The van der Waals surface area contributed by atoms with Gasteiger partial charge in [0.25, 0.3) is 0 Å². The highest BCUT2D eigenvalue weighted by atomic mass is 16.5. The first-order chi connectivity index (χ1) is 14.0. The van der Waals surface area contributed by atoms with E-state index in [9.17, 15) is 9.59 Å². The van der Waals surface area contributed by atoms with E-state index in [1.54, 1.807) is 31.4 Å². The van der Waals surface area contributed by atoms with Crippen LogP contribution in [0.1, 0.15) is 6.92 Å². The molecular weight excluding hydrogens is 368 g/mol. The van der Waals surface area contributed by atoms with Crippen LogP contribution < -0.4 is 19.9 Å². The van der Waals surface area contributed by atoms with E-state index in [4.69, 9.17) is 4.74 Å². The molecule has 1 heterocycles. The number of likely N-dealkylation sites (N-methyl/N-ethyl adjacent to an activating group) is 1.